The Morgan fingerprint density at radius 1 is 1.00 bits per heavy atom. The zero-order valence-electron chi connectivity index (χ0n) is 15.7. The molecule has 0 aliphatic carbocycles. The third kappa shape index (κ3) is 3.77. The average Bonchev–Trinajstić information content (AvgIpc) is 2.96. The van der Waals surface area contributed by atoms with Gasteiger partial charge in [0.2, 0.25) is 0 Å². The van der Waals surface area contributed by atoms with Crippen LogP contribution < -0.4 is 5.32 Å². The molecule has 0 radical (unpaired) electrons. The van der Waals surface area contributed by atoms with Crippen LogP contribution >= 0.6 is 11.6 Å². The number of nitrogens with one attached hydrogen (secondary N) is 1. The maximum absolute atomic E-state index is 13.2. The number of imide groups is 1. The number of hydrogen-bond acceptors (Lipinski definition) is 4. The second-order valence-corrected chi connectivity index (χ2v) is 7.17. The molecule has 1 aliphatic heterocycles. The van der Waals surface area contributed by atoms with Gasteiger partial charge < -0.3 is 5.32 Å². The highest BCUT2D eigenvalue weighted by atomic mass is 35.5. The second-order valence-electron chi connectivity index (χ2n) is 6.76. The molecule has 0 bridgehead atoms. The Kier molecular flexibility index (Phi) is 5.14. The van der Waals surface area contributed by atoms with Crippen LogP contribution in [0.25, 0.3) is 5.57 Å². The van der Waals surface area contributed by atoms with Gasteiger partial charge in [0, 0.05) is 23.1 Å². The minimum absolute atomic E-state index is 0.154. The van der Waals surface area contributed by atoms with Crippen molar-refractivity contribution in [2.24, 2.45) is 0 Å². The standard InChI is InChI=1S/C23H18ClN3O2/c1-15-9-10-18(12-19(15)24)26-21-20(17-7-3-2-4-8-17)22(28)27(23(21)29)14-16-6-5-11-25-13-16/h2-13,26H,14H2,1H3. The first-order valence-electron chi connectivity index (χ1n) is 9.12. The monoisotopic (exact) mass is 403 g/mol. The largest absolute Gasteiger partial charge is 0.350 e. The molecule has 6 heteroatoms. The van der Waals surface area contributed by atoms with Gasteiger partial charge in [0.25, 0.3) is 11.8 Å². The van der Waals surface area contributed by atoms with Crippen LogP contribution in [0.15, 0.2) is 78.8 Å². The van der Waals surface area contributed by atoms with E-state index in [9.17, 15) is 9.59 Å². The fraction of sp³-hybridized carbons (Fsp3) is 0.0870. The highest BCUT2D eigenvalue weighted by molar-refractivity contribution is 6.36. The van der Waals surface area contributed by atoms with Crippen LogP contribution in [0.1, 0.15) is 16.7 Å². The third-order valence-electron chi connectivity index (χ3n) is 4.74. The number of rotatable bonds is 5. The van der Waals surface area contributed by atoms with E-state index in [2.05, 4.69) is 10.3 Å². The number of pyridine rings is 1. The van der Waals surface area contributed by atoms with Crippen LogP contribution in [0.2, 0.25) is 5.02 Å². The Morgan fingerprint density at radius 3 is 2.48 bits per heavy atom. The molecule has 1 N–H and O–H groups in total. The van der Waals surface area contributed by atoms with Crippen LogP contribution in [0, 0.1) is 6.92 Å². The number of hydrogen-bond donors (Lipinski definition) is 1. The lowest BCUT2D eigenvalue weighted by Gasteiger charge is -2.15. The summed E-state index contributed by atoms with van der Waals surface area (Å²) < 4.78 is 0. The molecule has 1 aliphatic rings. The third-order valence-corrected chi connectivity index (χ3v) is 5.14. The zero-order chi connectivity index (χ0) is 20.4. The molecule has 0 unspecified atom stereocenters. The molecule has 29 heavy (non-hydrogen) atoms. The number of carbonyl (C=O) groups is 2. The molecule has 1 aromatic heterocycles. The SMILES string of the molecule is Cc1ccc(NC2=C(c3ccccc3)C(=O)N(Cc3cccnc3)C2=O)cc1Cl. The summed E-state index contributed by atoms with van der Waals surface area (Å²) in [5, 5.41) is 3.71. The Balaban J connectivity index is 1.74. The van der Waals surface area contributed by atoms with Crippen molar-refractivity contribution in [3.8, 4) is 0 Å². The molecule has 2 aromatic carbocycles. The predicted octanol–water partition coefficient (Wildman–Crippen LogP) is 4.44. The van der Waals surface area contributed by atoms with Gasteiger partial charge in [0.05, 0.1) is 12.1 Å². The quantitative estimate of drug-likeness (QED) is 0.640. The summed E-state index contributed by atoms with van der Waals surface area (Å²) in [5.41, 5.74) is 3.62. The fourth-order valence-corrected chi connectivity index (χ4v) is 3.38. The average molecular weight is 404 g/mol. The van der Waals surface area contributed by atoms with Gasteiger partial charge in [-0.25, -0.2) is 0 Å². The summed E-state index contributed by atoms with van der Waals surface area (Å²) in [5.74, 6) is -0.722. The van der Waals surface area contributed by atoms with Crippen molar-refractivity contribution in [3.05, 3.63) is 100 Å². The molecule has 0 saturated carbocycles. The lowest BCUT2D eigenvalue weighted by molar-refractivity contribution is -0.137. The number of halogens is 1. The highest BCUT2D eigenvalue weighted by Gasteiger charge is 2.39. The number of anilines is 1. The summed E-state index contributed by atoms with van der Waals surface area (Å²) >= 11 is 6.23. The Morgan fingerprint density at radius 2 is 1.79 bits per heavy atom. The molecule has 144 valence electrons. The van der Waals surface area contributed by atoms with Gasteiger partial charge in [-0.1, -0.05) is 54.1 Å². The second kappa shape index (κ2) is 7.89. The zero-order valence-corrected chi connectivity index (χ0v) is 16.5. The number of amides is 2. The van der Waals surface area contributed by atoms with E-state index in [1.165, 1.54) is 4.90 Å². The number of carbonyl (C=O) groups excluding carboxylic acids is 2. The first kappa shape index (κ1) is 18.9. The van der Waals surface area contributed by atoms with Crippen LogP contribution in [0.4, 0.5) is 5.69 Å². The summed E-state index contributed by atoms with van der Waals surface area (Å²) in [6.07, 6.45) is 3.30. The van der Waals surface area contributed by atoms with E-state index in [1.54, 1.807) is 24.5 Å². The van der Waals surface area contributed by atoms with Gasteiger partial charge in [-0.05, 0) is 41.8 Å². The number of aryl methyl sites for hydroxylation is 1. The van der Waals surface area contributed by atoms with E-state index >= 15 is 0 Å². The van der Waals surface area contributed by atoms with Crippen molar-refractivity contribution in [2.45, 2.75) is 13.5 Å². The first-order chi connectivity index (χ1) is 14.0. The highest BCUT2D eigenvalue weighted by Crippen LogP contribution is 2.32. The number of benzene rings is 2. The normalized spacial score (nSPS) is 13.9. The summed E-state index contributed by atoms with van der Waals surface area (Å²) in [4.78, 5) is 31.7. The van der Waals surface area contributed by atoms with Crippen molar-refractivity contribution in [3.63, 3.8) is 0 Å². The summed E-state index contributed by atoms with van der Waals surface area (Å²) in [6, 6.07) is 18.2. The van der Waals surface area contributed by atoms with E-state index in [0.29, 0.717) is 21.8 Å². The predicted molar refractivity (Wildman–Crippen MR) is 113 cm³/mol. The van der Waals surface area contributed by atoms with Crippen LogP contribution in [0.5, 0.6) is 0 Å². The Hall–Kier alpha value is -3.44. The summed E-state index contributed by atoms with van der Waals surface area (Å²) in [6.45, 7) is 2.06. The minimum Gasteiger partial charge on any atom is -0.350 e. The first-order valence-corrected chi connectivity index (χ1v) is 9.50. The van der Waals surface area contributed by atoms with Crippen LogP contribution in [-0.2, 0) is 16.1 Å². The minimum atomic E-state index is -0.380. The topological polar surface area (TPSA) is 62.3 Å². The van der Waals surface area contributed by atoms with Crippen molar-refractivity contribution in [2.75, 3.05) is 5.32 Å². The van der Waals surface area contributed by atoms with E-state index in [-0.39, 0.29) is 24.1 Å². The molecule has 2 amide bonds. The number of nitrogens with zero attached hydrogens (tertiary/aromatic N) is 2. The van der Waals surface area contributed by atoms with Crippen molar-refractivity contribution in [1.82, 2.24) is 9.88 Å². The van der Waals surface area contributed by atoms with E-state index < -0.39 is 0 Å². The molecular weight excluding hydrogens is 386 g/mol. The van der Waals surface area contributed by atoms with Crippen LogP contribution in [-0.4, -0.2) is 21.7 Å². The fourth-order valence-electron chi connectivity index (χ4n) is 3.20. The van der Waals surface area contributed by atoms with Gasteiger partial charge in [0.1, 0.15) is 5.70 Å². The Bertz CT molecular complexity index is 1110. The van der Waals surface area contributed by atoms with Crippen molar-refractivity contribution >= 4 is 34.7 Å². The summed E-state index contributed by atoms with van der Waals surface area (Å²) in [7, 11) is 0. The molecule has 4 rings (SSSR count). The van der Waals surface area contributed by atoms with Gasteiger partial charge >= 0.3 is 0 Å². The molecular formula is C23H18ClN3O2. The molecule has 5 nitrogen and oxygen atoms in total. The van der Waals surface area contributed by atoms with Crippen molar-refractivity contribution < 1.29 is 9.59 Å². The van der Waals surface area contributed by atoms with Crippen LogP contribution in [0.3, 0.4) is 0 Å². The Labute approximate surface area is 173 Å². The maximum atomic E-state index is 13.2. The molecule has 0 spiro atoms. The van der Waals surface area contributed by atoms with Crippen molar-refractivity contribution in [1.29, 1.82) is 0 Å². The smallest absolute Gasteiger partial charge is 0.278 e. The molecule has 0 saturated heterocycles. The lowest BCUT2D eigenvalue weighted by atomic mass is 10.0. The van der Waals surface area contributed by atoms with Gasteiger partial charge in [-0.2, -0.15) is 0 Å². The van der Waals surface area contributed by atoms with E-state index in [4.69, 9.17) is 11.6 Å². The van der Waals surface area contributed by atoms with Gasteiger partial charge in [-0.3, -0.25) is 19.5 Å². The van der Waals surface area contributed by atoms with Gasteiger partial charge in [-0.15, -0.1) is 0 Å². The van der Waals surface area contributed by atoms with E-state index in [0.717, 1.165) is 11.1 Å². The molecule has 3 aromatic rings. The van der Waals surface area contributed by atoms with E-state index in [1.807, 2.05) is 55.5 Å². The number of aromatic nitrogens is 1. The maximum Gasteiger partial charge on any atom is 0.278 e. The van der Waals surface area contributed by atoms with Gasteiger partial charge in [0.15, 0.2) is 0 Å². The molecule has 0 fully saturated rings. The molecule has 2 heterocycles. The molecule has 0 atom stereocenters. The lowest BCUT2D eigenvalue weighted by Crippen LogP contribution is -2.32.